The van der Waals surface area contributed by atoms with Crippen LogP contribution in [0.2, 0.25) is 0 Å². The topological polar surface area (TPSA) is 472 Å². The van der Waals surface area contributed by atoms with E-state index in [-0.39, 0.29) is 101 Å². The number of nitrogens with one attached hydrogen (secondary N) is 13. The first kappa shape index (κ1) is 70.9. The summed E-state index contributed by atoms with van der Waals surface area (Å²) in [5, 5.41) is 57.8. The first-order valence-corrected chi connectivity index (χ1v) is 31.8. The average Bonchev–Trinajstić information content (AvgIpc) is 1.91. The van der Waals surface area contributed by atoms with Crippen LogP contribution >= 0.6 is 0 Å². The smallest absolute Gasteiger partial charge is 0.245 e. The molecule has 2 aliphatic rings. The highest BCUT2D eigenvalue weighted by atomic mass is 16.3. The lowest BCUT2D eigenvalue weighted by molar-refractivity contribution is -0.142. The molecule has 0 bridgehead atoms. The zero-order chi connectivity index (χ0) is 69.0. The van der Waals surface area contributed by atoms with Gasteiger partial charge in [0.15, 0.2) is 5.96 Å². The molecule has 8 rings (SSSR count). The molecule has 9 atom stereocenters. The maximum Gasteiger partial charge on any atom is 0.245 e. The number of guanidine groups is 1. The minimum atomic E-state index is -1.80. The molecule has 30 nitrogen and oxygen atoms in total. The van der Waals surface area contributed by atoms with E-state index in [0.29, 0.717) is 39.7 Å². The summed E-state index contributed by atoms with van der Waals surface area (Å²) in [6.07, 6.45) is 4.93. The van der Waals surface area contributed by atoms with Gasteiger partial charge in [0.2, 0.25) is 65.0 Å². The highest BCUT2D eigenvalue weighted by molar-refractivity contribution is 6.00. The van der Waals surface area contributed by atoms with Crippen LogP contribution < -0.4 is 64.6 Å². The van der Waals surface area contributed by atoms with Crippen molar-refractivity contribution in [3.8, 4) is 5.75 Å². The number of fused-ring (bicyclic) bond motifs is 2. The number of aromatic nitrogens is 3. The number of para-hydroxylation sites is 1. The van der Waals surface area contributed by atoms with E-state index in [1.54, 1.807) is 50.4 Å². The molecule has 6 aromatic rings. The van der Waals surface area contributed by atoms with Gasteiger partial charge in [-0.15, -0.1) is 0 Å². The Bertz CT molecular complexity index is 3790. The van der Waals surface area contributed by atoms with Crippen LogP contribution in [0.3, 0.4) is 0 Å². The summed E-state index contributed by atoms with van der Waals surface area (Å²) in [4.78, 5) is 165. The number of nitrogens with zero attached hydrogens (tertiary/aromatic N) is 2. The molecule has 19 N–H and O–H groups in total. The third-order valence-corrected chi connectivity index (χ3v) is 16.6. The molecule has 2 fully saturated rings. The summed E-state index contributed by atoms with van der Waals surface area (Å²) in [7, 11) is 0. The van der Waals surface area contributed by atoms with Crippen LogP contribution in [0.15, 0.2) is 110 Å². The van der Waals surface area contributed by atoms with Crippen LogP contribution in [-0.4, -0.2) is 182 Å². The number of phenols is 1. The van der Waals surface area contributed by atoms with Gasteiger partial charge in [-0.2, -0.15) is 0 Å². The van der Waals surface area contributed by atoms with E-state index in [0.717, 1.165) is 10.8 Å². The molecule has 30 heteroatoms. The predicted molar refractivity (Wildman–Crippen MR) is 351 cm³/mol. The average molecular weight is 1320 g/mol. The number of aliphatic hydroxyl groups excluding tert-OH is 1. The van der Waals surface area contributed by atoms with Crippen molar-refractivity contribution in [2.45, 2.75) is 139 Å². The van der Waals surface area contributed by atoms with E-state index in [4.69, 9.17) is 16.9 Å². The molecule has 0 saturated carbocycles. The van der Waals surface area contributed by atoms with Gasteiger partial charge in [-0.3, -0.25) is 58.1 Å². The molecule has 2 saturated heterocycles. The zero-order valence-corrected chi connectivity index (χ0v) is 53.2. The van der Waals surface area contributed by atoms with Crippen LogP contribution in [0.1, 0.15) is 81.2 Å². The molecule has 2 aromatic heterocycles. The van der Waals surface area contributed by atoms with Crippen molar-refractivity contribution < 1.29 is 63.0 Å². The molecule has 0 aliphatic carbocycles. The van der Waals surface area contributed by atoms with E-state index < -0.39 is 127 Å². The van der Waals surface area contributed by atoms with Crippen molar-refractivity contribution in [1.29, 1.82) is 5.41 Å². The van der Waals surface area contributed by atoms with Crippen molar-refractivity contribution in [2.24, 2.45) is 17.4 Å². The molecule has 11 amide bonds. The summed E-state index contributed by atoms with van der Waals surface area (Å²) >= 11 is 0. The minimum absolute atomic E-state index is 0.00426. The van der Waals surface area contributed by atoms with Gasteiger partial charge in [-0.05, 0) is 90.1 Å². The molecule has 510 valence electrons. The van der Waals surface area contributed by atoms with Gasteiger partial charge in [0.05, 0.1) is 25.2 Å². The number of primary amides is 1. The first-order chi connectivity index (χ1) is 46.0. The lowest BCUT2D eigenvalue weighted by Gasteiger charge is -2.31. The minimum Gasteiger partial charge on any atom is -0.508 e. The van der Waals surface area contributed by atoms with Crippen LogP contribution in [0.5, 0.6) is 5.75 Å². The number of aliphatic hydroxyl groups is 1. The monoisotopic (exact) mass is 1320 g/mol. The van der Waals surface area contributed by atoms with Crippen molar-refractivity contribution in [3.05, 3.63) is 132 Å². The molecule has 2 aliphatic heterocycles. The number of aromatic amines is 2. The Morgan fingerprint density at radius 1 is 0.656 bits per heavy atom. The van der Waals surface area contributed by atoms with Crippen LogP contribution in [0, 0.1) is 11.3 Å². The number of H-pyrrole nitrogens is 2. The number of likely N-dealkylation sites (tertiary alicyclic amines) is 1. The van der Waals surface area contributed by atoms with E-state index in [1.165, 1.54) is 41.7 Å². The van der Waals surface area contributed by atoms with Gasteiger partial charge in [0, 0.05) is 68.5 Å². The quantitative estimate of drug-likeness (QED) is 0.0128. The fourth-order valence-electron chi connectivity index (χ4n) is 11.6. The third-order valence-electron chi connectivity index (χ3n) is 16.6. The lowest BCUT2D eigenvalue weighted by Crippen LogP contribution is -2.61. The number of rotatable bonds is 33. The second-order valence-corrected chi connectivity index (χ2v) is 24.3. The Morgan fingerprint density at radius 3 is 1.89 bits per heavy atom. The molecular formula is C66H83N17O13. The molecule has 0 radical (unpaired) electrons. The number of nitrogens with two attached hydrogens (primary N) is 2. The highest BCUT2D eigenvalue weighted by Crippen LogP contribution is 2.23. The van der Waals surface area contributed by atoms with Crippen molar-refractivity contribution in [1.82, 2.24) is 73.0 Å². The SMILES string of the molecule is CC(C)CC(NC(=O)C(Cc1ccc2ccccc2c1)NC(=O)C(Cc1ccc(O)cc1)NC(=O)C(CO)NC(=O)C(Cc1c[nH]c2ccccc12)NC(=O)C(Cc1c[nH]cn1)NC(=O)C1CCC(=O)N1)C(=O)NC(CCCNC(=N)N)C(=O)N1CCCC1C(=O)NCC(N)=O. The van der Waals surface area contributed by atoms with Crippen LogP contribution in [0.25, 0.3) is 21.7 Å². The number of imidazole rings is 1. The number of hydrogen-bond acceptors (Lipinski definition) is 15. The Balaban J connectivity index is 1.05. The van der Waals surface area contributed by atoms with Crippen molar-refractivity contribution >= 4 is 92.6 Å². The summed E-state index contributed by atoms with van der Waals surface area (Å²) in [5.74, 6) is -9.17. The number of amides is 11. The Morgan fingerprint density at radius 2 is 1.25 bits per heavy atom. The van der Waals surface area contributed by atoms with E-state index in [9.17, 15) is 53.4 Å². The summed E-state index contributed by atoms with van der Waals surface area (Å²) in [5.41, 5.74) is 13.4. The molecular weight excluding hydrogens is 1240 g/mol. The standard InChI is InChI=1S/C66H83N17O13/c1-36(2)25-48(58(89)76-47(13-7-23-71-66(68)69)65(96)83-24-8-14-54(83)64(95)73-33-55(67)86)77-60(91)50(28-38-15-18-39-9-3-4-10-40(39)26-38)78-59(90)49(27-37-16-19-43(85)20-17-37)79-63(94)53(34-84)82-61(92)51(29-41-31-72-45-12-6-5-11-44(41)45)80-62(93)52(30-42-32-70-35-74-42)81-57(88)46-21-22-56(87)75-46/h3-6,9-12,15-20,26,31-32,35-36,46-54,72,84-85H,7-8,13-14,21-25,27-30,33-34H2,1-2H3,(H2,67,86)(H,70,74)(H,73,95)(H,75,87)(H,76,89)(H,77,91)(H,78,90)(H,79,94)(H,80,93)(H,81,88)(H,82,92)(H4,68,69,71). The van der Waals surface area contributed by atoms with Crippen LogP contribution in [-0.2, 0) is 78.4 Å². The summed E-state index contributed by atoms with van der Waals surface area (Å²) in [6.45, 7) is 2.39. The van der Waals surface area contributed by atoms with Crippen molar-refractivity contribution in [2.75, 3.05) is 26.2 Å². The maximum absolute atomic E-state index is 15.1. The van der Waals surface area contributed by atoms with Gasteiger partial charge in [0.25, 0.3) is 0 Å². The Kier molecular flexibility index (Phi) is 25.0. The first-order valence-electron chi connectivity index (χ1n) is 31.8. The van der Waals surface area contributed by atoms with E-state index in [1.807, 2.05) is 36.4 Å². The lowest BCUT2D eigenvalue weighted by atomic mass is 9.98. The fourth-order valence-corrected chi connectivity index (χ4v) is 11.6. The second-order valence-electron chi connectivity index (χ2n) is 24.3. The zero-order valence-electron chi connectivity index (χ0n) is 53.2. The number of carbonyl (C=O) groups excluding carboxylic acids is 11. The number of hydrogen-bond donors (Lipinski definition) is 17. The number of phenolic OH excluding ortho intramolecular Hbond substituents is 1. The summed E-state index contributed by atoms with van der Waals surface area (Å²) in [6, 6.07) is 13.4. The van der Waals surface area contributed by atoms with Gasteiger partial charge in [-0.25, -0.2) is 4.98 Å². The normalized spacial score (nSPS) is 16.5. The van der Waals surface area contributed by atoms with E-state index >= 15 is 9.59 Å². The molecule has 96 heavy (non-hydrogen) atoms. The van der Waals surface area contributed by atoms with Gasteiger partial charge in [0.1, 0.15) is 60.1 Å². The predicted octanol–water partition coefficient (Wildman–Crippen LogP) is -1.41. The molecule has 4 heterocycles. The number of carbonyl (C=O) groups is 11. The van der Waals surface area contributed by atoms with Gasteiger partial charge in [-0.1, -0.05) is 86.6 Å². The number of aromatic hydroxyl groups is 1. The maximum atomic E-state index is 15.1. The molecule has 0 spiro atoms. The van der Waals surface area contributed by atoms with Gasteiger partial charge >= 0.3 is 0 Å². The van der Waals surface area contributed by atoms with Crippen LogP contribution in [0.4, 0.5) is 0 Å². The highest BCUT2D eigenvalue weighted by Gasteiger charge is 2.40. The molecule has 4 aromatic carbocycles. The second kappa shape index (κ2) is 33.8. The Hall–Kier alpha value is -10.9. The number of benzene rings is 4. The van der Waals surface area contributed by atoms with Gasteiger partial charge < -0.3 is 89.7 Å². The third kappa shape index (κ3) is 20.1. The fraction of sp³-hybridized carbons (Fsp3) is 0.409. The molecule has 9 unspecified atom stereocenters. The summed E-state index contributed by atoms with van der Waals surface area (Å²) < 4.78 is 0. The Labute approximate surface area is 552 Å². The van der Waals surface area contributed by atoms with E-state index in [2.05, 4.69) is 68.1 Å². The largest absolute Gasteiger partial charge is 0.508 e. The van der Waals surface area contributed by atoms with Crippen molar-refractivity contribution in [3.63, 3.8) is 0 Å².